The number of rotatable bonds is 4. The van der Waals surface area contributed by atoms with Crippen LogP contribution in [0.4, 0.5) is 5.69 Å². The largest absolute Gasteiger partial charge is 0.389 e. The summed E-state index contributed by atoms with van der Waals surface area (Å²) in [5, 5.41) is 3.94. The Labute approximate surface area is 121 Å². The molecule has 2 rings (SSSR count). The molecule has 0 amide bonds. The van der Waals surface area contributed by atoms with E-state index in [0.29, 0.717) is 10.0 Å². The first-order valence-electron chi connectivity index (χ1n) is 5.45. The molecule has 0 aliphatic heterocycles. The van der Waals surface area contributed by atoms with Gasteiger partial charge in [-0.25, -0.2) is 0 Å². The number of aryl methyl sites for hydroxylation is 1. The van der Waals surface area contributed by atoms with E-state index in [1.807, 2.05) is 12.1 Å². The highest BCUT2D eigenvalue weighted by Gasteiger charge is 2.04. The number of thiophene rings is 1. The van der Waals surface area contributed by atoms with Gasteiger partial charge in [0, 0.05) is 21.9 Å². The van der Waals surface area contributed by atoms with E-state index in [4.69, 9.17) is 29.6 Å². The lowest BCUT2D eigenvalue weighted by Gasteiger charge is -2.08. The molecule has 1 heterocycles. The van der Waals surface area contributed by atoms with E-state index in [2.05, 4.69) is 24.4 Å². The summed E-state index contributed by atoms with van der Waals surface area (Å²) in [5.74, 6) is 0. The van der Waals surface area contributed by atoms with Crippen molar-refractivity contribution in [2.75, 3.05) is 5.32 Å². The minimum atomic E-state index is 0.359. The van der Waals surface area contributed by atoms with Crippen LogP contribution in [0.1, 0.15) is 15.3 Å². The standard InChI is InChI=1S/C13H13ClN2S2/c1-8-2-4-10(18-8)7-16-12-5-3-9(13(15)17)6-11(12)14/h2-6,16H,7H2,1H3,(H2,15,17). The van der Waals surface area contributed by atoms with Crippen molar-refractivity contribution in [2.24, 2.45) is 5.73 Å². The average Bonchev–Trinajstić information content (AvgIpc) is 2.73. The third kappa shape index (κ3) is 3.22. The molecule has 1 aromatic heterocycles. The quantitative estimate of drug-likeness (QED) is 0.839. The van der Waals surface area contributed by atoms with Gasteiger partial charge in [-0.15, -0.1) is 11.3 Å². The van der Waals surface area contributed by atoms with Gasteiger partial charge in [-0.1, -0.05) is 23.8 Å². The topological polar surface area (TPSA) is 38.0 Å². The van der Waals surface area contributed by atoms with Crippen molar-refractivity contribution in [3.8, 4) is 0 Å². The summed E-state index contributed by atoms with van der Waals surface area (Å²) in [4.78, 5) is 2.95. The van der Waals surface area contributed by atoms with Crippen LogP contribution in [0.15, 0.2) is 30.3 Å². The number of halogens is 1. The fourth-order valence-electron chi connectivity index (χ4n) is 1.57. The summed E-state index contributed by atoms with van der Waals surface area (Å²) in [6.45, 7) is 2.86. The molecule has 0 spiro atoms. The van der Waals surface area contributed by atoms with E-state index < -0.39 is 0 Å². The summed E-state index contributed by atoms with van der Waals surface area (Å²) < 4.78 is 0. The number of thiocarbonyl (C=S) groups is 1. The van der Waals surface area contributed by atoms with Crippen LogP contribution >= 0.6 is 35.2 Å². The Hall–Kier alpha value is -1.10. The van der Waals surface area contributed by atoms with Crippen LogP contribution in [0, 0.1) is 6.92 Å². The maximum atomic E-state index is 6.17. The van der Waals surface area contributed by atoms with Gasteiger partial charge < -0.3 is 11.1 Å². The minimum absolute atomic E-state index is 0.359. The van der Waals surface area contributed by atoms with Crippen LogP contribution in [0.2, 0.25) is 5.02 Å². The van der Waals surface area contributed by atoms with E-state index in [0.717, 1.165) is 17.8 Å². The second-order valence-corrected chi connectivity index (χ2v) is 6.14. The van der Waals surface area contributed by atoms with Gasteiger partial charge in [0.2, 0.25) is 0 Å². The van der Waals surface area contributed by atoms with E-state index in [1.54, 1.807) is 17.4 Å². The minimum Gasteiger partial charge on any atom is -0.389 e. The van der Waals surface area contributed by atoms with Gasteiger partial charge in [0.25, 0.3) is 0 Å². The van der Waals surface area contributed by atoms with Crippen molar-refractivity contribution in [1.82, 2.24) is 0 Å². The number of hydrogen-bond acceptors (Lipinski definition) is 3. The third-order valence-corrected chi connectivity index (χ3v) is 4.05. The number of nitrogens with one attached hydrogen (secondary N) is 1. The molecule has 0 aliphatic carbocycles. The van der Waals surface area contributed by atoms with Crippen molar-refractivity contribution in [3.63, 3.8) is 0 Å². The molecule has 0 unspecified atom stereocenters. The van der Waals surface area contributed by atoms with Crippen LogP contribution in [0.5, 0.6) is 0 Å². The molecule has 0 saturated heterocycles. The fourth-order valence-corrected chi connectivity index (χ4v) is 2.78. The van der Waals surface area contributed by atoms with Crippen molar-refractivity contribution in [3.05, 3.63) is 50.7 Å². The molecular formula is C13H13ClN2S2. The zero-order valence-corrected chi connectivity index (χ0v) is 12.3. The molecule has 0 saturated carbocycles. The van der Waals surface area contributed by atoms with Gasteiger partial charge in [-0.05, 0) is 37.3 Å². The highest BCUT2D eigenvalue weighted by atomic mass is 35.5. The van der Waals surface area contributed by atoms with Crippen LogP contribution in [-0.4, -0.2) is 4.99 Å². The van der Waals surface area contributed by atoms with Crippen molar-refractivity contribution >= 4 is 45.8 Å². The fraction of sp³-hybridized carbons (Fsp3) is 0.154. The molecule has 0 radical (unpaired) electrons. The van der Waals surface area contributed by atoms with Gasteiger partial charge in [0.15, 0.2) is 0 Å². The molecular weight excluding hydrogens is 284 g/mol. The predicted octanol–water partition coefficient (Wildman–Crippen LogP) is 3.96. The van der Waals surface area contributed by atoms with E-state index in [-0.39, 0.29) is 0 Å². The highest BCUT2D eigenvalue weighted by Crippen LogP contribution is 2.24. The van der Waals surface area contributed by atoms with Crippen LogP contribution in [-0.2, 0) is 6.54 Å². The zero-order valence-electron chi connectivity index (χ0n) is 9.87. The van der Waals surface area contributed by atoms with Crippen molar-refractivity contribution in [2.45, 2.75) is 13.5 Å². The van der Waals surface area contributed by atoms with Crippen molar-refractivity contribution in [1.29, 1.82) is 0 Å². The normalized spacial score (nSPS) is 10.3. The van der Waals surface area contributed by atoms with E-state index in [1.165, 1.54) is 9.75 Å². The van der Waals surface area contributed by atoms with Gasteiger partial charge in [0.1, 0.15) is 4.99 Å². The molecule has 3 N–H and O–H groups in total. The van der Waals surface area contributed by atoms with Crippen LogP contribution in [0.25, 0.3) is 0 Å². The lowest BCUT2D eigenvalue weighted by molar-refractivity contribution is 1.19. The third-order valence-electron chi connectivity index (χ3n) is 2.50. The second kappa shape index (κ2) is 5.69. The Bertz CT molecular complexity index is 578. The summed E-state index contributed by atoms with van der Waals surface area (Å²) in [6.07, 6.45) is 0. The Morgan fingerprint density at radius 3 is 2.72 bits per heavy atom. The maximum Gasteiger partial charge on any atom is 0.104 e. The van der Waals surface area contributed by atoms with Gasteiger partial charge in [0.05, 0.1) is 10.7 Å². The summed E-state index contributed by atoms with van der Waals surface area (Å²) in [6, 6.07) is 9.78. The van der Waals surface area contributed by atoms with E-state index in [9.17, 15) is 0 Å². The molecule has 0 aliphatic rings. The monoisotopic (exact) mass is 296 g/mol. The predicted molar refractivity (Wildman–Crippen MR) is 83.7 cm³/mol. The number of nitrogens with two attached hydrogens (primary N) is 1. The van der Waals surface area contributed by atoms with Crippen molar-refractivity contribution < 1.29 is 0 Å². The first-order valence-corrected chi connectivity index (χ1v) is 7.05. The Morgan fingerprint density at radius 2 is 2.17 bits per heavy atom. The molecule has 0 bridgehead atoms. The molecule has 18 heavy (non-hydrogen) atoms. The number of anilines is 1. The lowest BCUT2D eigenvalue weighted by Crippen LogP contribution is -2.09. The molecule has 2 aromatic rings. The van der Waals surface area contributed by atoms with Gasteiger partial charge >= 0.3 is 0 Å². The molecule has 2 nitrogen and oxygen atoms in total. The Morgan fingerprint density at radius 1 is 1.39 bits per heavy atom. The molecule has 94 valence electrons. The first-order chi connectivity index (χ1) is 8.56. The first kappa shape index (κ1) is 13.3. The number of hydrogen-bond donors (Lipinski definition) is 2. The van der Waals surface area contributed by atoms with E-state index >= 15 is 0 Å². The zero-order chi connectivity index (χ0) is 13.1. The lowest BCUT2D eigenvalue weighted by atomic mass is 10.2. The SMILES string of the molecule is Cc1ccc(CNc2ccc(C(N)=S)cc2Cl)s1. The van der Waals surface area contributed by atoms with Gasteiger partial charge in [-0.2, -0.15) is 0 Å². The molecule has 5 heteroatoms. The number of benzene rings is 1. The van der Waals surface area contributed by atoms with Gasteiger partial charge in [-0.3, -0.25) is 0 Å². The molecule has 0 fully saturated rings. The summed E-state index contributed by atoms with van der Waals surface area (Å²) >= 11 is 12.9. The summed E-state index contributed by atoms with van der Waals surface area (Å²) in [5.41, 5.74) is 7.23. The van der Waals surface area contributed by atoms with Crippen LogP contribution < -0.4 is 11.1 Å². The Kier molecular flexibility index (Phi) is 4.22. The smallest absolute Gasteiger partial charge is 0.104 e. The molecule has 0 atom stereocenters. The second-order valence-electron chi connectivity index (χ2n) is 3.92. The average molecular weight is 297 g/mol. The Balaban J connectivity index is 2.08. The van der Waals surface area contributed by atoms with Crippen LogP contribution in [0.3, 0.4) is 0 Å². The summed E-state index contributed by atoms with van der Waals surface area (Å²) in [7, 11) is 0. The molecule has 1 aromatic carbocycles. The highest BCUT2D eigenvalue weighted by molar-refractivity contribution is 7.80. The maximum absolute atomic E-state index is 6.17.